The van der Waals surface area contributed by atoms with E-state index in [2.05, 4.69) is 15.2 Å². The van der Waals surface area contributed by atoms with Crippen LogP contribution in [0.5, 0.6) is 0 Å². The summed E-state index contributed by atoms with van der Waals surface area (Å²) in [6.45, 7) is 1.62. The third-order valence-electron chi connectivity index (χ3n) is 4.57. The van der Waals surface area contributed by atoms with Crippen LogP contribution >= 0.6 is 11.3 Å². The molecule has 140 valence electrons. The number of aryl methyl sites for hydroxylation is 1. The third-order valence-corrected chi connectivity index (χ3v) is 6.51. The summed E-state index contributed by atoms with van der Waals surface area (Å²) in [6.07, 6.45) is 6.16. The predicted octanol–water partition coefficient (Wildman–Crippen LogP) is 2.26. The van der Waals surface area contributed by atoms with Crippen LogP contribution in [0.4, 0.5) is 5.13 Å². The van der Waals surface area contributed by atoms with Gasteiger partial charge < -0.3 is 10.2 Å². The van der Waals surface area contributed by atoms with E-state index in [9.17, 15) is 13.2 Å². The quantitative estimate of drug-likeness (QED) is 0.781. The zero-order chi connectivity index (χ0) is 18.6. The van der Waals surface area contributed by atoms with Crippen molar-refractivity contribution in [2.45, 2.75) is 36.6 Å². The van der Waals surface area contributed by atoms with Crippen molar-refractivity contribution in [2.24, 2.45) is 0 Å². The summed E-state index contributed by atoms with van der Waals surface area (Å²) in [4.78, 5) is 19.1. The summed E-state index contributed by atoms with van der Waals surface area (Å²) >= 11 is 1.63. The van der Waals surface area contributed by atoms with Crippen LogP contribution in [0.3, 0.4) is 0 Å². The largest absolute Gasteiger partial charge is 0.354 e. The Labute approximate surface area is 158 Å². The number of aromatic nitrogens is 1. The van der Waals surface area contributed by atoms with E-state index in [1.54, 1.807) is 35.6 Å². The van der Waals surface area contributed by atoms with Crippen molar-refractivity contribution in [3.05, 3.63) is 41.4 Å². The second kappa shape index (κ2) is 8.18. The molecule has 3 rings (SSSR count). The normalized spacial score (nSPS) is 17.4. The van der Waals surface area contributed by atoms with Crippen LogP contribution in [0.15, 0.2) is 40.7 Å². The van der Waals surface area contributed by atoms with Gasteiger partial charge in [-0.1, -0.05) is 12.1 Å². The van der Waals surface area contributed by atoms with Crippen LogP contribution in [0.2, 0.25) is 0 Å². The van der Waals surface area contributed by atoms with Crippen LogP contribution in [0.1, 0.15) is 24.8 Å². The van der Waals surface area contributed by atoms with Gasteiger partial charge in [-0.2, -0.15) is 0 Å². The fourth-order valence-electron chi connectivity index (χ4n) is 3.14. The molecule has 1 atom stereocenters. The maximum absolute atomic E-state index is 12.2. The van der Waals surface area contributed by atoms with Crippen molar-refractivity contribution in [3.8, 4) is 0 Å². The number of carbonyl (C=O) groups excluding carboxylic acids is 1. The Morgan fingerprint density at radius 3 is 2.77 bits per heavy atom. The summed E-state index contributed by atoms with van der Waals surface area (Å²) in [6, 6.07) is 7.02. The maximum Gasteiger partial charge on any atom is 0.220 e. The molecular formula is C18H23N3O3S2. The Hall–Kier alpha value is -1.93. The van der Waals surface area contributed by atoms with Crippen molar-refractivity contribution >= 4 is 32.2 Å². The molecule has 1 saturated heterocycles. The van der Waals surface area contributed by atoms with Gasteiger partial charge in [0.05, 0.1) is 4.90 Å². The summed E-state index contributed by atoms with van der Waals surface area (Å²) in [5, 5.41) is 6.01. The molecule has 0 unspecified atom stereocenters. The topological polar surface area (TPSA) is 79.4 Å². The lowest BCUT2D eigenvalue weighted by molar-refractivity contribution is -0.121. The second-order valence-electron chi connectivity index (χ2n) is 6.52. The third kappa shape index (κ3) is 4.82. The number of anilines is 1. The van der Waals surface area contributed by atoms with E-state index in [-0.39, 0.29) is 5.91 Å². The molecule has 1 amide bonds. The molecule has 1 aliphatic heterocycles. The molecule has 0 spiro atoms. The van der Waals surface area contributed by atoms with Crippen molar-refractivity contribution < 1.29 is 13.2 Å². The Balaban J connectivity index is 1.46. The minimum absolute atomic E-state index is 0.0168. The van der Waals surface area contributed by atoms with E-state index < -0.39 is 9.84 Å². The first-order valence-corrected chi connectivity index (χ1v) is 11.4. The van der Waals surface area contributed by atoms with E-state index in [0.717, 1.165) is 30.1 Å². The lowest BCUT2D eigenvalue weighted by Crippen LogP contribution is -2.40. The predicted molar refractivity (Wildman–Crippen MR) is 103 cm³/mol. The fourth-order valence-corrected chi connectivity index (χ4v) is 4.51. The molecule has 6 nitrogen and oxygen atoms in total. The SMILES string of the molecule is CS(=O)(=O)c1ccc(CCC(=O)NC[C@H]2CCCN2c2nccs2)cc1. The van der Waals surface area contributed by atoms with Crippen molar-refractivity contribution in [2.75, 3.05) is 24.2 Å². The van der Waals surface area contributed by atoms with Gasteiger partial charge in [0.2, 0.25) is 5.91 Å². The van der Waals surface area contributed by atoms with Gasteiger partial charge in [-0.3, -0.25) is 4.79 Å². The minimum Gasteiger partial charge on any atom is -0.354 e. The smallest absolute Gasteiger partial charge is 0.220 e. The molecule has 1 N–H and O–H groups in total. The summed E-state index contributed by atoms with van der Waals surface area (Å²) < 4.78 is 22.9. The van der Waals surface area contributed by atoms with Crippen molar-refractivity contribution in [3.63, 3.8) is 0 Å². The van der Waals surface area contributed by atoms with Gasteiger partial charge in [0, 0.05) is 43.4 Å². The zero-order valence-electron chi connectivity index (χ0n) is 14.7. The molecule has 2 aromatic rings. The fraction of sp³-hybridized carbons (Fsp3) is 0.444. The number of nitrogens with one attached hydrogen (secondary N) is 1. The van der Waals surface area contributed by atoms with Crippen LogP contribution in [0.25, 0.3) is 0 Å². The number of hydrogen-bond acceptors (Lipinski definition) is 6. The number of nitrogens with zero attached hydrogens (tertiary/aromatic N) is 2. The summed E-state index contributed by atoms with van der Waals surface area (Å²) in [7, 11) is -3.18. The minimum atomic E-state index is -3.18. The molecule has 1 aromatic heterocycles. The van der Waals surface area contributed by atoms with Gasteiger partial charge in [-0.05, 0) is 37.0 Å². The molecule has 1 aliphatic rings. The molecule has 0 saturated carbocycles. The van der Waals surface area contributed by atoms with E-state index in [0.29, 0.717) is 30.3 Å². The Morgan fingerprint density at radius 1 is 1.35 bits per heavy atom. The van der Waals surface area contributed by atoms with Gasteiger partial charge in [0.1, 0.15) is 0 Å². The lowest BCUT2D eigenvalue weighted by Gasteiger charge is -2.24. The van der Waals surface area contributed by atoms with Gasteiger partial charge in [-0.15, -0.1) is 11.3 Å². The average molecular weight is 394 g/mol. The van der Waals surface area contributed by atoms with Crippen molar-refractivity contribution in [1.82, 2.24) is 10.3 Å². The molecule has 8 heteroatoms. The highest BCUT2D eigenvalue weighted by Gasteiger charge is 2.26. The number of hydrogen-bond donors (Lipinski definition) is 1. The monoisotopic (exact) mass is 393 g/mol. The van der Waals surface area contributed by atoms with Crippen LogP contribution < -0.4 is 10.2 Å². The van der Waals surface area contributed by atoms with Gasteiger partial charge in [0.25, 0.3) is 0 Å². The number of benzene rings is 1. The number of rotatable bonds is 7. The highest BCUT2D eigenvalue weighted by atomic mass is 32.2. The molecule has 26 heavy (non-hydrogen) atoms. The first-order chi connectivity index (χ1) is 12.4. The van der Waals surface area contributed by atoms with Gasteiger partial charge in [0.15, 0.2) is 15.0 Å². The Morgan fingerprint density at radius 2 is 2.12 bits per heavy atom. The van der Waals surface area contributed by atoms with Crippen LogP contribution in [0, 0.1) is 0 Å². The van der Waals surface area contributed by atoms with Gasteiger partial charge in [-0.25, -0.2) is 13.4 Å². The second-order valence-corrected chi connectivity index (χ2v) is 9.41. The molecule has 0 aliphatic carbocycles. The lowest BCUT2D eigenvalue weighted by atomic mass is 10.1. The van der Waals surface area contributed by atoms with Gasteiger partial charge >= 0.3 is 0 Å². The highest BCUT2D eigenvalue weighted by Crippen LogP contribution is 2.26. The van der Waals surface area contributed by atoms with Crippen molar-refractivity contribution in [1.29, 1.82) is 0 Å². The standard InChI is InChI=1S/C18H23N3O3S2/c1-26(23,24)16-7-4-14(5-8-16)6-9-17(22)20-13-15-3-2-11-21(15)18-19-10-12-25-18/h4-5,7-8,10,12,15H,2-3,6,9,11,13H2,1H3,(H,20,22)/t15-/m1/s1. The summed E-state index contributed by atoms with van der Waals surface area (Å²) in [5.41, 5.74) is 0.956. The first kappa shape index (κ1) is 18.8. The molecule has 1 fully saturated rings. The molecule has 0 radical (unpaired) electrons. The van der Waals surface area contributed by atoms with E-state index in [4.69, 9.17) is 0 Å². The molecule has 0 bridgehead atoms. The highest BCUT2D eigenvalue weighted by molar-refractivity contribution is 7.90. The zero-order valence-corrected chi connectivity index (χ0v) is 16.4. The van der Waals surface area contributed by atoms with E-state index in [1.807, 2.05) is 11.6 Å². The average Bonchev–Trinajstić information content (AvgIpc) is 3.28. The number of carbonyl (C=O) groups is 1. The number of amides is 1. The summed E-state index contributed by atoms with van der Waals surface area (Å²) in [5.74, 6) is 0.0168. The Kier molecular flexibility index (Phi) is 5.93. The molecule has 2 heterocycles. The number of sulfone groups is 1. The first-order valence-electron chi connectivity index (χ1n) is 8.65. The molecule has 1 aromatic carbocycles. The van der Waals surface area contributed by atoms with Crippen LogP contribution in [-0.4, -0.2) is 44.7 Å². The van der Waals surface area contributed by atoms with E-state index >= 15 is 0 Å². The number of thiazole rings is 1. The molecular weight excluding hydrogens is 370 g/mol. The van der Waals surface area contributed by atoms with E-state index in [1.165, 1.54) is 6.26 Å². The Bertz CT molecular complexity index is 833. The van der Waals surface area contributed by atoms with Crippen LogP contribution in [-0.2, 0) is 21.1 Å². The maximum atomic E-state index is 12.2.